The minimum atomic E-state index is -0.128. The Morgan fingerprint density at radius 1 is 1.12 bits per heavy atom. The van der Waals surface area contributed by atoms with E-state index in [1.54, 1.807) is 0 Å². The largest absolute Gasteiger partial charge is 0.356 e. The molecule has 2 aromatic carbocycles. The van der Waals surface area contributed by atoms with Gasteiger partial charge in [-0.3, -0.25) is 9.59 Å². The molecule has 6 nitrogen and oxygen atoms in total. The van der Waals surface area contributed by atoms with Gasteiger partial charge in [-0.25, -0.2) is 4.98 Å². The maximum Gasteiger partial charge on any atom is 0.244 e. The van der Waals surface area contributed by atoms with E-state index in [1.165, 1.54) is 6.92 Å². The first-order valence-electron chi connectivity index (χ1n) is 8.27. The molecule has 0 unspecified atom stereocenters. The highest BCUT2D eigenvalue weighted by atomic mass is 79.9. The second-order valence-electron chi connectivity index (χ2n) is 5.89. The highest BCUT2D eigenvalue weighted by molar-refractivity contribution is 9.10. The van der Waals surface area contributed by atoms with Crippen molar-refractivity contribution in [1.82, 2.24) is 14.9 Å². The molecule has 2 N–H and O–H groups in total. The first-order chi connectivity index (χ1) is 12.5. The summed E-state index contributed by atoms with van der Waals surface area (Å²) in [6.45, 7) is 2.12. The van der Waals surface area contributed by atoms with Gasteiger partial charge in [0.05, 0.1) is 11.0 Å². The zero-order valence-electron chi connectivity index (χ0n) is 14.3. The van der Waals surface area contributed by atoms with Crippen LogP contribution in [0.4, 0.5) is 5.69 Å². The van der Waals surface area contributed by atoms with E-state index in [2.05, 4.69) is 31.5 Å². The van der Waals surface area contributed by atoms with Crippen molar-refractivity contribution in [2.45, 2.75) is 19.9 Å². The number of anilines is 1. The van der Waals surface area contributed by atoms with E-state index in [-0.39, 0.29) is 18.4 Å². The van der Waals surface area contributed by atoms with Crippen LogP contribution < -0.4 is 10.6 Å². The predicted octanol–water partition coefficient (Wildman–Crippen LogP) is 3.12. The number of carbonyl (C=O) groups excluding carboxylic acids is 2. The van der Waals surface area contributed by atoms with Gasteiger partial charge in [-0.1, -0.05) is 28.1 Å². The summed E-state index contributed by atoms with van der Waals surface area (Å²) in [6, 6.07) is 15.1. The van der Waals surface area contributed by atoms with E-state index >= 15 is 0 Å². The van der Waals surface area contributed by atoms with Crippen LogP contribution in [0.3, 0.4) is 0 Å². The van der Waals surface area contributed by atoms with Gasteiger partial charge >= 0.3 is 0 Å². The molecular formula is C19H19BrN4O2. The molecule has 3 aromatic rings. The second kappa shape index (κ2) is 8.14. The molecule has 1 aromatic heterocycles. The van der Waals surface area contributed by atoms with Gasteiger partial charge in [0, 0.05) is 30.0 Å². The summed E-state index contributed by atoms with van der Waals surface area (Å²) in [6.07, 6.45) is 0.555. The van der Waals surface area contributed by atoms with Crippen LogP contribution >= 0.6 is 15.9 Å². The fourth-order valence-electron chi connectivity index (χ4n) is 2.72. The number of carbonyl (C=O) groups is 2. The molecule has 0 aliphatic carbocycles. The average molecular weight is 415 g/mol. The molecule has 2 amide bonds. The lowest BCUT2D eigenvalue weighted by Crippen LogP contribution is -2.25. The first-order valence-corrected chi connectivity index (χ1v) is 9.06. The van der Waals surface area contributed by atoms with Gasteiger partial charge in [0.2, 0.25) is 11.8 Å². The number of nitrogens with zero attached hydrogens (tertiary/aromatic N) is 2. The molecule has 0 spiro atoms. The predicted molar refractivity (Wildman–Crippen MR) is 105 cm³/mol. The Kier molecular flexibility index (Phi) is 5.68. The summed E-state index contributed by atoms with van der Waals surface area (Å²) in [5.74, 6) is 0.558. The standard InChI is InChI=1S/C19H19BrN4O2/c1-13(25)21-11-10-18-23-16-4-2-3-5-17(16)24(18)12-19(26)22-15-8-6-14(20)7-9-15/h2-9H,10-12H2,1H3,(H,21,25)(H,22,26). The molecule has 0 radical (unpaired) electrons. The number of rotatable bonds is 6. The van der Waals surface area contributed by atoms with E-state index in [0.717, 1.165) is 27.0 Å². The number of hydrogen-bond donors (Lipinski definition) is 2. The van der Waals surface area contributed by atoms with Crippen molar-refractivity contribution in [2.75, 3.05) is 11.9 Å². The van der Waals surface area contributed by atoms with Crippen LogP contribution in [-0.4, -0.2) is 27.9 Å². The Morgan fingerprint density at radius 3 is 2.58 bits per heavy atom. The molecule has 0 atom stereocenters. The molecule has 134 valence electrons. The molecule has 0 aliphatic rings. The summed E-state index contributed by atoms with van der Waals surface area (Å²) >= 11 is 3.38. The lowest BCUT2D eigenvalue weighted by molar-refractivity contribution is -0.119. The van der Waals surface area contributed by atoms with Crippen molar-refractivity contribution in [3.8, 4) is 0 Å². The summed E-state index contributed by atoms with van der Waals surface area (Å²) in [4.78, 5) is 28.2. The molecule has 7 heteroatoms. The molecule has 0 bridgehead atoms. The minimum absolute atomic E-state index is 0.0827. The number of hydrogen-bond acceptors (Lipinski definition) is 3. The number of nitrogens with one attached hydrogen (secondary N) is 2. The molecule has 0 saturated carbocycles. The maximum absolute atomic E-state index is 12.5. The quantitative estimate of drug-likeness (QED) is 0.650. The first kappa shape index (κ1) is 18.1. The monoisotopic (exact) mass is 414 g/mol. The van der Waals surface area contributed by atoms with Gasteiger partial charge in [-0.2, -0.15) is 0 Å². The van der Waals surface area contributed by atoms with Gasteiger partial charge in [0.15, 0.2) is 0 Å². The van der Waals surface area contributed by atoms with Crippen LogP contribution in [0.1, 0.15) is 12.7 Å². The third-order valence-corrected chi connectivity index (χ3v) is 4.41. The Labute approximate surface area is 159 Å². The molecule has 1 heterocycles. The topological polar surface area (TPSA) is 76.0 Å². The maximum atomic E-state index is 12.5. The van der Waals surface area contributed by atoms with Crippen molar-refractivity contribution < 1.29 is 9.59 Å². The van der Waals surface area contributed by atoms with Gasteiger partial charge < -0.3 is 15.2 Å². The Bertz CT molecular complexity index is 934. The van der Waals surface area contributed by atoms with E-state index < -0.39 is 0 Å². The Morgan fingerprint density at radius 2 is 1.85 bits per heavy atom. The van der Waals surface area contributed by atoms with E-state index in [9.17, 15) is 9.59 Å². The molecule has 0 saturated heterocycles. The van der Waals surface area contributed by atoms with Crippen LogP contribution in [0, 0.1) is 0 Å². The molecule has 0 fully saturated rings. The van der Waals surface area contributed by atoms with Crippen LogP contribution in [0.2, 0.25) is 0 Å². The normalized spacial score (nSPS) is 10.7. The number of amides is 2. The van der Waals surface area contributed by atoms with Gasteiger partial charge in [0.25, 0.3) is 0 Å². The number of imidazole rings is 1. The van der Waals surface area contributed by atoms with Crippen LogP contribution in [0.25, 0.3) is 11.0 Å². The number of para-hydroxylation sites is 2. The summed E-state index contributed by atoms with van der Waals surface area (Å²) in [7, 11) is 0. The Balaban J connectivity index is 1.79. The highest BCUT2D eigenvalue weighted by Gasteiger charge is 2.13. The zero-order valence-corrected chi connectivity index (χ0v) is 15.9. The second-order valence-corrected chi connectivity index (χ2v) is 6.81. The average Bonchev–Trinajstić information content (AvgIpc) is 2.94. The SMILES string of the molecule is CC(=O)NCCc1nc2ccccc2n1CC(=O)Nc1ccc(Br)cc1. The lowest BCUT2D eigenvalue weighted by atomic mass is 10.3. The summed E-state index contributed by atoms with van der Waals surface area (Å²) < 4.78 is 2.85. The lowest BCUT2D eigenvalue weighted by Gasteiger charge is -2.10. The summed E-state index contributed by atoms with van der Waals surface area (Å²) in [5.41, 5.74) is 2.47. The fourth-order valence-corrected chi connectivity index (χ4v) is 2.98. The minimum Gasteiger partial charge on any atom is -0.356 e. The van der Waals surface area contributed by atoms with Crippen molar-refractivity contribution in [2.24, 2.45) is 0 Å². The van der Waals surface area contributed by atoms with Gasteiger partial charge in [-0.05, 0) is 36.4 Å². The molecule has 0 aliphatic heterocycles. The van der Waals surface area contributed by atoms with E-state index in [0.29, 0.717) is 13.0 Å². The smallest absolute Gasteiger partial charge is 0.244 e. The van der Waals surface area contributed by atoms with E-state index in [1.807, 2.05) is 53.1 Å². The van der Waals surface area contributed by atoms with Gasteiger partial charge in [-0.15, -0.1) is 0 Å². The third kappa shape index (κ3) is 4.49. The van der Waals surface area contributed by atoms with Crippen LogP contribution in [0.15, 0.2) is 53.0 Å². The third-order valence-electron chi connectivity index (χ3n) is 3.89. The molecule has 26 heavy (non-hydrogen) atoms. The van der Waals surface area contributed by atoms with Crippen LogP contribution in [0.5, 0.6) is 0 Å². The van der Waals surface area contributed by atoms with Gasteiger partial charge in [0.1, 0.15) is 12.4 Å². The Hall–Kier alpha value is -2.67. The molecular weight excluding hydrogens is 396 g/mol. The highest BCUT2D eigenvalue weighted by Crippen LogP contribution is 2.18. The number of benzene rings is 2. The fraction of sp³-hybridized carbons (Fsp3) is 0.211. The zero-order chi connectivity index (χ0) is 18.5. The number of aromatic nitrogens is 2. The number of halogens is 1. The van der Waals surface area contributed by atoms with E-state index in [4.69, 9.17) is 0 Å². The van der Waals surface area contributed by atoms with Crippen molar-refractivity contribution in [3.05, 3.63) is 58.8 Å². The van der Waals surface area contributed by atoms with Crippen molar-refractivity contribution in [1.29, 1.82) is 0 Å². The van der Waals surface area contributed by atoms with Crippen molar-refractivity contribution >= 4 is 44.5 Å². The van der Waals surface area contributed by atoms with Crippen molar-refractivity contribution in [3.63, 3.8) is 0 Å². The summed E-state index contributed by atoms with van der Waals surface area (Å²) in [5, 5.41) is 5.66. The number of fused-ring (bicyclic) bond motifs is 1. The molecule has 3 rings (SSSR count). The van der Waals surface area contributed by atoms with Crippen LogP contribution in [-0.2, 0) is 22.6 Å².